The highest BCUT2D eigenvalue weighted by molar-refractivity contribution is 5.92. The van der Waals surface area contributed by atoms with Crippen LogP contribution in [0.3, 0.4) is 0 Å². The van der Waals surface area contributed by atoms with Gasteiger partial charge in [0.15, 0.2) is 5.82 Å². The summed E-state index contributed by atoms with van der Waals surface area (Å²) in [5, 5.41) is 7.08. The standard InChI is InChI=1S/C17H19F3N4O/c1-12-9-15(22-24(12)14-5-3-2-4-6-14)21-16(25)13-7-8-23(10-13)11-17(18,19)20/h2-6,9,13H,7-8,10-11H2,1H3,(H,21,22,25). The van der Waals surface area contributed by atoms with Gasteiger partial charge in [0.05, 0.1) is 18.2 Å². The maximum Gasteiger partial charge on any atom is 0.401 e. The van der Waals surface area contributed by atoms with Gasteiger partial charge in [0.1, 0.15) is 0 Å². The topological polar surface area (TPSA) is 50.2 Å². The average molecular weight is 352 g/mol. The van der Waals surface area contributed by atoms with Crippen LogP contribution in [0.1, 0.15) is 12.1 Å². The van der Waals surface area contributed by atoms with Gasteiger partial charge in [-0.1, -0.05) is 18.2 Å². The molecular weight excluding hydrogens is 333 g/mol. The van der Waals surface area contributed by atoms with Crippen LogP contribution in [0.5, 0.6) is 0 Å². The number of halogens is 3. The Morgan fingerprint density at radius 1 is 1.32 bits per heavy atom. The van der Waals surface area contributed by atoms with Crippen LogP contribution in [0.4, 0.5) is 19.0 Å². The molecule has 0 radical (unpaired) electrons. The first-order valence-electron chi connectivity index (χ1n) is 8.04. The minimum Gasteiger partial charge on any atom is -0.309 e. The van der Waals surface area contributed by atoms with E-state index in [9.17, 15) is 18.0 Å². The first kappa shape index (κ1) is 17.5. The van der Waals surface area contributed by atoms with Crippen molar-refractivity contribution in [3.8, 4) is 5.69 Å². The van der Waals surface area contributed by atoms with E-state index >= 15 is 0 Å². The van der Waals surface area contributed by atoms with Gasteiger partial charge in [-0.3, -0.25) is 9.69 Å². The number of benzene rings is 1. The second kappa shape index (κ2) is 6.87. The summed E-state index contributed by atoms with van der Waals surface area (Å²) < 4.78 is 39.0. The number of para-hydroxylation sites is 1. The normalized spacial score (nSPS) is 18.5. The van der Waals surface area contributed by atoms with Gasteiger partial charge >= 0.3 is 6.18 Å². The number of aromatic nitrogens is 2. The Morgan fingerprint density at radius 2 is 2.04 bits per heavy atom. The zero-order chi connectivity index (χ0) is 18.0. The molecule has 1 aliphatic rings. The number of carbonyl (C=O) groups excluding carboxylic acids is 1. The third-order valence-corrected chi connectivity index (χ3v) is 4.19. The molecule has 1 aromatic carbocycles. The van der Waals surface area contributed by atoms with Gasteiger partial charge in [-0.2, -0.15) is 13.2 Å². The smallest absolute Gasteiger partial charge is 0.309 e. The molecule has 1 fully saturated rings. The lowest BCUT2D eigenvalue weighted by molar-refractivity contribution is -0.144. The fraction of sp³-hybridized carbons (Fsp3) is 0.412. The van der Waals surface area contributed by atoms with Crippen molar-refractivity contribution in [2.45, 2.75) is 19.5 Å². The van der Waals surface area contributed by atoms with Crippen molar-refractivity contribution in [3.05, 3.63) is 42.1 Å². The molecule has 1 unspecified atom stereocenters. The maximum absolute atomic E-state index is 12.4. The Balaban J connectivity index is 1.63. The van der Waals surface area contributed by atoms with Crippen molar-refractivity contribution in [2.24, 2.45) is 5.92 Å². The van der Waals surface area contributed by atoms with E-state index < -0.39 is 18.6 Å². The molecule has 25 heavy (non-hydrogen) atoms. The molecule has 3 rings (SSSR count). The molecule has 1 amide bonds. The Labute approximate surface area is 143 Å². The molecule has 1 aliphatic heterocycles. The second-order valence-corrected chi connectivity index (χ2v) is 6.24. The minimum atomic E-state index is -4.24. The monoisotopic (exact) mass is 352 g/mol. The fourth-order valence-electron chi connectivity index (χ4n) is 3.04. The molecule has 2 aromatic rings. The average Bonchev–Trinajstić information content (AvgIpc) is 3.13. The molecule has 0 bridgehead atoms. The summed E-state index contributed by atoms with van der Waals surface area (Å²) in [4.78, 5) is 13.6. The zero-order valence-corrected chi connectivity index (χ0v) is 13.8. The summed E-state index contributed by atoms with van der Waals surface area (Å²) >= 11 is 0. The van der Waals surface area contributed by atoms with Crippen LogP contribution in [0.15, 0.2) is 36.4 Å². The summed E-state index contributed by atoms with van der Waals surface area (Å²) in [7, 11) is 0. The van der Waals surface area contributed by atoms with Crippen LogP contribution in [0, 0.1) is 12.8 Å². The predicted octanol–water partition coefficient (Wildman–Crippen LogP) is 3.00. The molecule has 1 atom stereocenters. The molecule has 1 N–H and O–H groups in total. The van der Waals surface area contributed by atoms with E-state index in [-0.39, 0.29) is 19.0 Å². The van der Waals surface area contributed by atoms with Gasteiger partial charge in [0, 0.05) is 18.3 Å². The predicted molar refractivity (Wildman–Crippen MR) is 87.5 cm³/mol. The summed E-state index contributed by atoms with van der Waals surface area (Å²) in [6.07, 6.45) is -3.82. The van der Waals surface area contributed by atoms with E-state index in [0.717, 1.165) is 11.4 Å². The van der Waals surface area contributed by atoms with Crippen molar-refractivity contribution in [2.75, 3.05) is 25.0 Å². The van der Waals surface area contributed by atoms with Crippen molar-refractivity contribution in [1.29, 1.82) is 0 Å². The molecule has 0 saturated carbocycles. The van der Waals surface area contributed by atoms with Crippen LogP contribution >= 0.6 is 0 Å². The molecular formula is C17H19F3N4O. The van der Waals surface area contributed by atoms with E-state index in [1.807, 2.05) is 37.3 Å². The van der Waals surface area contributed by atoms with Gasteiger partial charge in [-0.25, -0.2) is 4.68 Å². The summed E-state index contributed by atoms with van der Waals surface area (Å²) in [6, 6.07) is 11.2. The Bertz CT molecular complexity index is 742. The summed E-state index contributed by atoms with van der Waals surface area (Å²) in [5.41, 5.74) is 1.73. The molecule has 2 heterocycles. The minimum absolute atomic E-state index is 0.115. The maximum atomic E-state index is 12.4. The number of anilines is 1. The first-order valence-corrected chi connectivity index (χ1v) is 8.04. The molecule has 8 heteroatoms. The number of alkyl halides is 3. The Kier molecular flexibility index (Phi) is 4.80. The van der Waals surface area contributed by atoms with Crippen molar-refractivity contribution in [1.82, 2.24) is 14.7 Å². The number of amides is 1. The highest BCUT2D eigenvalue weighted by atomic mass is 19.4. The molecule has 1 saturated heterocycles. The zero-order valence-electron chi connectivity index (χ0n) is 13.8. The number of rotatable bonds is 4. The highest BCUT2D eigenvalue weighted by Crippen LogP contribution is 2.24. The largest absolute Gasteiger partial charge is 0.401 e. The quantitative estimate of drug-likeness (QED) is 0.920. The lowest BCUT2D eigenvalue weighted by atomic mass is 10.1. The number of aryl methyl sites for hydroxylation is 1. The summed E-state index contributed by atoms with van der Waals surface area (Å²) in [5.74, 6) is -0.340. The third kappa shape index (κ3) is 4.39. The number of nitrogens with one attached hydrogen (secondary N) is 1. The van der Waals surface area contributed by atoms with E-state index in [0.29, 0.717) is 12.2 Å². The number of likely N-dealkylation sites (tertiary alicyclic amines) is 1. The second-order valence-electron chi connectivity index (χ2n) is 6.24. The SMILES string of the molecule is Cc1cc(NC(=O)C2CCN(CC(F)(F)F)C2)nn1-c1ccccc1. The van der Waals surface area contributed by atoms with E-state index in [4.69, 9.17) is 0 Å². The fourth-order valence-corrected chi connectivity index (χ4v) is 3.04. The van der Waals surface area contributed by atoms with Gasteiger partial charge < -0.3 is 5.32 Å². The molecule has 0 spiro atoms. The van der Waals surface area contributed by atoms with E-state index in [2.05, 4.69) is 10.4 Å². The Morgan fingerprint density at radius 3 is 2.72 bits per heavy atom. The first-order chi connectivity index (χ1) is 11.8. The van der Waals surface area contributed by atoms with Crippen molar-refractivity contribution < 1.29 is 18.0 Å². The third-order valence-electron chi connectivity index (χ3n) is 4.19. The van der Waals surface area contributed by atoms with Crippen molar-refractivity contribution in [3.63, 3.8) is 0 Å². The number of hydrogen-bond donors (Lipinski definition) is 1. The van der Waals surface area contributed by atoms with Crippen LogP contribution in [-0.4, -0.2) is 46.4 Å². The molecule has 0 aliphatic carbocycles. The van der Waals surface area contributed by atoms with Crippen molar-refractivity contribution >= 4 is 11.7 Å². The van der Waals surface area contributed by atoms with Crippen LogP contribution in [-0.2, 0) is 4.79 Å². The molecule has 1 aromatic heterocycles. The van der Waals surface area contributed by atoms with E-state index in [1.54, 1.807) is 10.7 Å². The highest BCUT2D eigenvalue weighted by Gasteiger charge is 2.36. The van der Waals surface area contributed by atoms with Gasteiger partial charge in [0.25, 0.3) is 0 Å². The van der Waals surface area contributed by atoms with Crippen LogP contribution < -0.4 is 5.32 Å². The lowest BCUT2D eigenvalue weighted by Crippen LogP contribution is -2.34. The summed E-state index contributed by atoms with van der Waals surface area (Å²) in [6.45, 7) is 1.29. The lowest BCUT2D eigenvalue weighted by Gasteiger charge is -2.17. The van der Waals surface area contributed by atoms with E-state index in [1.165, 1.54) is 4.90 Å². The number of hydrogen-bond acceptors (Lipinski definition) is 3. The van der Waals surface area contributed by atoms with Crippen LogP contribution in [0.2, 0.25) is 0 Å². The van der Waals surface area contributed by atoms with Gasteiger partial charge in [-0.05, 0) is 32.0 Å². The Hall–Kier alpha value is -2.35. The molecule has 5 nitrogen and oxygen atoms in total. The van der Waals surface area contributed by atoms with Gasteiger partial charge in [0.2, 0.25) is 5.91 Å². The number of nitrogens with zero attached hydrogens (tertiary/aromatic N) is 3. The molecule has 134 valence electrons. The van der Waals surface area contributed by atoms with Gasteiger partial charge in [-0.15, -0.1) is 5.10 Å². The van der Waals surface area contributed by atoms with Crippen LogP contribution in [0.25, 0.3) is 5.69 Å². The number of carbonyl (C=O) groups is 1.